The first-order chi connectivity index (χ1) is 10.3. The fourth-order valence-corrected chi connectivity index (χ4v) is 2.94. The van der Waals surface area contributed by atoms with Crippen molar-refractivity contribution in [3.8, 4) is 0 Å². The molecule has 1 aromatic rings. The molecule has 0 aliphatic carbocycles. The Morgan fingerprint density at radius 1 is 1.32 bits per heavy atom. The number of rotatable bonds is 6. The molecule has 0 bridgehead atoms. The van der Waals surface area contributed by atoms with Crippen LogP contribution in [0.2, 0.25) is 0 Å². The molecule has 1 aromatic carbocycles. The fraction of sp³-hybridized carbons (Fsp3) is 0.471. The van der Waals surface area contributed by atoms with Crippen LogP contribution in [0.25, 0.3) is 0 Å². The van der Waals surface area contributed by atoms with Crippen molar-refractivity contribution in [1.82, 2.24) is 5.32 Å². The molecule has 5 heteroatoms. The highest BCUT2D eigenvalue weighted by Gasteiger charge is 2.20. The minimum atomic E-state index is -1.11. The SMILES string of the molecule is C/C=C/S(=O)CC(Cc1ccccc1)NC(=O)OC(C)(C)C. The zero-order valence-electron chi connectivity index (χ0n) is 13.7. The quantitative estimate of drug-likeness (QED) is 0.873. The molecule has 22 heavy (non-hydrogen) atoms. The van der Waals surface area contributed by atoms with Crippen molar-refractivity contribution in [3.63, 3.8) is 0 Å². The monoisotopic (exact) mass is 323 g/mol. The molecule has 1 N–H and O–H groups in total. The lowest BCUT2D eigenvalue weighted by atomic mass is 10.1. The number of amides is 1. The van der Waals surface area contributed by atoms with Crippen molar-refractivity contribution < 1.29 is 13.7 Å². The first kappa shape index (κ1) is 18.4. The molecule has 0 aliphatic rings. The summed E-state index contributed by atoms with van der Waals surface area (Å²) in [6.45, 7) is 7.27. The highest BCUT2D eigenvalue weighted by Crippen LogP contribution is 2.09. The molecule has 0 fully saturated rings. The van der Waals surface area contributed by atoms with Gasteiger partial charge in [0.15, 0.2) is 0 Å². The summed E-state index contributed by atoms with van der Waals surface area (Å²) in [6.07, 6.45) is 1.89. The van der Waals surface area contributed by atoms with Gasteiger partial charge in [0.2, 0.25) is 0 Å². The van der Waals surface area contributed by atoms with Crippen molar-refractivity contribution >= 4 is 16.9 Å². The summed E-state index contributed by atoms with van der Waals surface area (Å²) < 4.78 is 17.2. The lowest BCUT2D eigenvalue weighted by Gasteiger charge is -2.23. The number of hydrogen-bond donors (Lipinski definition) is 1. The van der Waals surface area contributed by atoms with Crippen molar-refractivity contribution in [2.24, 2.45) is 0 Å². The molecule has 2 atom stereocenters. The second-order valence-electron chi connectivity index (χ2n) is 6.05. The summed E-state index contributed by atoms with van der Waals surface area (Å²) in [4.78, 5) is 11.9. The third kappa shape index (κ3) is 7.98. The summed E-state index contributed by atoms with van der Waals surface area (Å²) in [5.41, 5.74) is 0.533. The maximum Gasteiger partial charge on any atom is 0.407 e. The zero-order chi connectivity index (χ0) is 16.6. The van der Waals surface area contributed by atoms with Gasteiger partial charge in [-0.3, -0.25) is 4.21 Å². The van der Waals surface area contributed by atoms with E-state index in [4.69, 9.17) is 4.74 Å². The van der Waals surface area contributed by atoms with Crippen LogP contribution in [0.5, 0.6) is 0 Å². The lowest BCUT2D eigenvalue weighted by molar-refractivity contribution is 0.0509. The normalized spacial score (nSPS) is 14.5. The number of carbonyl (C=O) groups excluding carboxylic acids is 1. The highest BCUT2D eigenvalue weighted by molar-refractivity contribution is 7.88. The first-order valence-electron chi connectivity index (χ1n) is 7.33. The molecule has 0 aromatic heterocycles. The summed E-state index contributed by atoms with van der Waals surface area (Å²) in [5.74, 6) is 0.360. The van der Waals surface area contributed by atoms with E-state index in [2.05, 4.69) is 5.32 Å². The third-order valence-corrected chi connectivity index (χ3v) is 4.01. The average Bonchev–Trinajstić information content (AvgIpc) is 2.37. The molecule has 0 saturated carbocycles. The Kier molecular flexibility index (Phi) is 7.32. The van der Waals surface area contributed by atoms with Crippen LogP contribution < -0.4 is 5.32 Å². The van der Waals surface area contributed by atoms with E-state index in [1.165, 1.54) is 0 Å². The summed E-state index contributed by atoms with van der Waals surface area (Å²) in [6, 6.07) is 9.57. The van der Waals surface area contributed by atoms with Crippen LogP contribution in [0.15, 0.2) is 41.8 Å². The molecule has 4 nitrogen and oxygen atoms in total. The predicted molar refractivity (Wildman–Crippen MR) is 91.1 cm³/mol. The Morgan fingerprint density at radius 3 is 2.50 bits per heavy atom. The van der Waals surface area contributed by atoms with E-state index in [1.807, 2.05) is 58.0 Å². The highest BCUT2D eigenvalue weighted by atomic mass is 32.2. The molecule has 0 spiro atoms. The van der Waals surface area contributed by atoms with E-state index >= 15 is 0 Å². The van der Waals surface area contributed by atoms with Gasteiger partial charge in [0.1, 0.15) is 5.60 Å². The van der Waals surface area contributed by atoms with Crippen LogP contribution in [0.1, 0.15) is 33.3 Å². The van der Waals surface area contributed by atoms with E-state index in [9.17, 15) is 9.00 Å². The zero-order valence-corrected chi connectivity index (χ0v) is 14.5. The predicted octanol–water partition coefficient (Wildman–Crippen LogP) is 3.40. The number of benzene rings is 1. The number of alkyl carbamates (subject to hydrolysis) is 1. The molecule has 0 aliphatic heterocycles. The molecule has 2 unspecified atom stereocenters. The number of ether oxygens (including phenoxy) is 1. The summed E-state index contributed by atoms with van der Waals surface area (Å²) in [5, 5.41) is 4.46. The second kappa shape index (κ2) is 8.73. The largest absolute Gasteiger partial charge is 0.444 e. The van der Waals surface area contributed by atoms with Crippen LogP contribution >= 0.6 is 0 Å². The summed E-state index contributed by atoms with van der Waals surface area (Å²) >= 11 is 0. The number of allylic oxidation sites excluding steroid dienone is 1. The summed E-state index contributed by atoms with van der Waals surface area (Å²) in [7, 11) is -1.11. The standard InChI is InChI=1S/C17H25NO3S/c1-5-11-22(20)13-15(12-14-9-7-6-8-10-14)18-16(19)21-17(2,3)4/h5-11,15H,12-13H2,1-4H3,(H,18,19)/b11-5+. The Hall–Kier alpha value is -1.62. The minimum absolute atomic E-state index is 0.241. The van der Waals surface area contributed by atoms with E-state index in [1.54, 1.807) is 11.5 Å². The third-order valence-electron chi connectivity index (χ3n) is 2.70. The number of nitrogens with one attached hydrogen (secondary N) is 1. The number of hydrogen-bond acceptors (Lipinski definition) is 3. The molecule has 0 heterocycles. The van der Waals surface area contributed by atoms with Gasteiger partial charge in [-0.15, -0.1) is 0 Å². The van der Waals surface area contributed by atoms with Gasteiger partial charge < -0.3 is 10.1 Å². The topological polar surface area (TPSA) is 55.4 Å². The first-order valence-corrected chi connectivity index (χ1v) is 8.72. The van der Waals surface area contributed by atoms with Crippen LogP contribution in [0, 0.1) is 0 Å². The van der Waals surface area contributed by atoms with Gasteiger partial charge >= 0.3 is 6.09 Å². The second-order valence-corrected chi connectivity index (χ2v) is 7.42. The molecule has 1 amide bonds. The van der Waals surface area contributed by atoms with E-state index < -0.39 is 22.5 Å². The molecule has 0 radical (unpaired) electrons. The maximum absolute atomic E-state index is 11.9. The van der Waals surface area contributed by atoms with Crippen LogP contribution in [-0.4, -0.2) is 27.7 Å². The molecule has 122 valence electrons. The van der Waals surface area contributed by atoms with Gasteiger partial charge in [-0.1, -0.05) is 36.4 Å². The maximum atomic E-state index is 11.9. The van der Waals surface area contributed by atoms with Crippen LogP contribution in [0.3, 0.4) is 0 Å². The average molecular weight is 323 g/mol. The van der Waals surface area contributed by atoms with Crippen molar-refractivity contribution in [2.45, 2.75) is 45.8 Å². The van der Waals surface area contributed by atoms with E-state index in [0.717, 1.165) is 5.56 Å². The Bertz CT molecular complexity index is 520. The van der Waals surface area contributed by atoms with Crippen molar-refractivity contribution in [3.05, 3.63) is 47.4 Å². The van der Waals surface area contributed by atoms with E-state index in [0.29, 0.717) is 12.2 Å². The van der Waals surface area contributed by atoms with Crippen LogP contribution in [0.4, 0.5) is 4.79 Å². The van der Waals surface area contributed by atoms with Gasteiger partial charge in [0.25, 0.3) is 0 Å². The van der Waals surface area contributed by atoms with Gasteiger partial charge in [-0.25, -0.2) is 4.79 Å². The van der Waals surface area contributed by atoms with Gasteiger partial charge in [-0.05, 0) is 45.1 Å². The fourth-order valence-electron chi connectivity index (χ4n) is 1.93. The molecular weight excluding hydrogens is 298 g/mol. The Labute approximate surface area is 135 Å². The van der Waals surface area contributed by atoms with Gasteiger partial charge in [-0.2, -0.15) is 0 Å². The van der Waals surface area contributed by atoms with Crippen molar-refractivity contribution in [2.75, 3.05) is 5.75 Å². The molecule has 1 rings (SSSR count). The van der Waals surface area contributed by atoms with Crippen LogP contribution in [-0.2, 0) is 22.0 Å². The Morgan fingerprint density at radius 2 is 1.95 bits per heavy atom. The number of carbonyl (C=O) groups is 1. The lowest BCUT2D eigenvalue weighted by Crippen LogP contribution is -2.42. The van der Waals surface area contributed by atoms with Crippen molar-refractivity contribution in [1.29, 1.82) is 0 Å². The van der Waals surface area contributed by atoms with Gasteiger partial charge in [0.05, 0.1) is 0 Å². The smallest absolute Gasteiger partial charge is 0.407 e. The minimum Gasteiger partial charge on any atom is -0.444 e. The molecular formula is C17H25NO3S. The van der Waals surface area contributed by atoms with E-state index in [-0.39, 0.29) is 6.04 Å². The van der Waals surface area contributed by atoms with Gasteiger partial charge in [0, 0.05) is 22.6 Å². The Balaban J connectivity index is 2.73. The molecule has 0 saturated heterocycles.